The van der Waals surface area contributed by atoms with E-state index in [-0.39, 0.29) is 0 Å². The van der Waals surface area contributed by atoms with Gasteiger partial charge < -0.3 is 40.9 Å². The molecule has 0 unspecified atom stereocenters. The standard InChI is InChI=1S/C23H14F6O16/c24-22(25,26)21(23(27,28)29,7-1-3-17(9(30)31,10(32)33)19(5-7,13(38)39)14(40)41)8-2-4-18(11(34)35,12(36)37)20(6-8,15(42)43)16(44)45/h1-6H,(H,30,31)(H,32,33)(H,34,35)(H,36,37)(H,38,39)(H,40,41)(H,42,43)(H,44,45). The first kappa shape index (κ1) is 35.5. The lowest BCUT2D eigenvalue weighted by Gasteiger charge is -2.46. The first-order valence-corrected chi connectivity index (χ1v) is 11.0. The highest BCUT2D eigenvalue weighted by Gasteiger charge is 2.79. The first-order valence-electron chi connectivity index (χ1n) is 11.0. The number of hydrogen-bond acceptors (Lipinski definition) is 8. The third-order valence-electron chi connectivity index (χ3n) is 7.43. The molecule has 0 aliphatic heterocycles. The van der Waals surface area contributed by atoms with Crippen molar-refractivity contribution in [3.05, 3.63) is 47.6 Å². The van der Waals surface area contributed by atoms with Crippen LogP contribution in [0, 0.1) is 27.1 Å². The smallest absolute Gasteiger partial charge is 0.411 e. The molecule has 22 heteroatoms. The van der Waals surface area contributed by atoms with Crippen LogP contribution in [0.4, 0.5) is 26.3 Å². The summed E-state index contributed by atoms with van der Waals surface area (Å²) >= 11 is 0. The van der Waals surface area contributed by atoms with Crippen LogP contribution in [0.25, 0.3) is 0 Å². The number of allylic oxidation sites excluding steroid dienone is 4. The molecule has 2 rings (SSSR count). The quantitative estimate of drug-likeness (QED) is 0.118. The summed E-state index contributed by atoms with van der Waals surface area (Å²) in [5.41, 5.74) is -29.6. The lowest BCUT2D eigenvalue weighted by molar-refractivity contribution is -0.309. The van der Waals surface area contributed by atoms with Gasteiger partial charge in [-0.2, -0.15) is 26.3 Å². The molecule has 244 valence electrons. The topological polar surface area (TPSA) is 298 Å². The highest BCUT2D eigenvalue weighted by Crippen LogP contribution is 2.65. The predicted molar refractivity (Wildman–Crippen MR) is 120 cm³/mol. The molecule has 0 spiro atoms. The van der Waals surface area contributed by atoms with Crippen molar-refractivity contribution in [3.8, 4) is 0 Å². The van der Waals surface area contributed by atoms with E-state index in [1.807, 2.05) is 0 Å². The van der Waals surface area contributed by atoms with Crippen molar-refractivity contribution in [2.45, 2.75) is 12.4 Å². The maximum atomic E-state index is 14.8. The van der Waals surface area contributed by atoms with E-state index in [4.69, 9.17) is 0 Å². The van der Waals surface area contributed by atoms with Gasteiger partial charge in [0.1, 0.15) is 0 Å². The minimum absolute atomic E-state index is 0.624. The molecule has 16 nitrogen and oxygen atoms in total. The van der Waals surface area contributed by atoms with Crippen LogP contribution in [-0.2, 0) is 38.4 Å². The molecule has 2 aliphatic carbocycles. The van der Waals surface area contributed by atoms with Crippen molar-refractivity contribution in [3.63, 3.8) is 0 Å². The molecular formula is C23H14F6O16. The van der Waals surface area contributed by atoms with Crippen molar-refractivity contribution >= 4 is 47.8 Å². The third kappa shape index (κ3) is 4.00. The zero-order valence-electron chi connectivity index (χ0n) is 21.1. The molecule has 0 atom stereocenters. The second-order valence-electron chi connectivity index (χ2n) is 9.28. The van der Waals surface area contributed by atoms with Crippen molar-refractivity contribution < 1.29 is 106 Å². The number of aliphatic carboxylic acids is 8. The highest BCUT2D eigenvalue weighted by molar-refractivity contribution is 6.17. The molecule has 0 aromatic rings. The van der Waals surface area contributed by atoms with Gasteiger partial charge in [-0.05, 0) is 23.3 Å². The molecule has 0 radical (unpaired) electrons. The fourth-order valence-corrected chi connectivity index (χ4v) is 5.18. The molecule has 0 heterocycles. The Morgan fingerprint density at radius 3 is 0.778 bits per heavy atom. The van der Waals surface area contributed by atoms with E-state index >= 15 is 0 Å². The Balaban J connectivity index is 3.43. The average molecular weight is 660 g/mol. The van der Waals surface area contributed by atoms with Gasteiger partial charge in [-0.15, -0.1) is 0 Å². The van der Waals surface area contributed by atoms with Crippen LogP contribution in [0.15, 0.2) is 47.6 Å². The van der Waals surface area contributed by atoms with Crippen molar-refractivity contribution in [2.75, 3.05) is 0 Å². The van der Waals surface area contributed by atoms with E-state index < -0.39 is 135 Å². The number of alkyl halides is 6. The molecule has 2 aliphatic rings. The predicted octanol–water partition coefficient (Wildman–Crippen LogP) is 0.712. The Hall–Kier alpha value is -5.70. The fourth-order valence-electron chi connectivity index (χ4n) is 5.18. The van der Waals surface area contributed by atoms with E-state index in [1.54, 1.807) is 0 Å². The minimum Gasteiger partial charge on any atom is -0.480 e. The summed E-state index contributed by atoms with van der Waals surface area (Å²) in [6.07, 6.45) is -18.7. The van der Waals surface area contributed by atoms with Gasteiger partial charge in [0.05, 0.1) is 0 Å². The zero-order valence-corrected chi connectivity index (χ0v) is 21.1. The van der Waals surface area contributed by atoms with E-state index in [1.165, 1.54) is 0 Å². The molecule has 0 amide bonds. The molecule has 0 bridgehead atoms. The van der Waals surface area contributed by atoms with Crippen molar-refractivity contribution in [1.82, 2.24) is 0 Å². The van der Waals surface area contributed by atoms with Crippen molar-refractivity contribution in [2.24, 2.45) is 27.1 Å². The summed E-state index contributed by atoms with van der Waals surface area (Å²) < 4.78 is 89.1. The highest BCUT2D eigenvalue weighted by atomic mass is 19.4. The van der Waals surface area contributed by atoms with E-state index in [0.717, 1.165) is 0 Å². The summed E-state index contributed by atoms with van der Waals surface area (Å²) in [5, 5.41) is 76.6. The van der Waals surface area contributed by atoms with E-state index in [9.17, 15) is 106 Å². The maximum Gasteiger partial charge on any atom is 0.411 e. The average Bonchev–Trinajstić information content (AvgIpc) is 2.85. The Bertz CT molecular complexity index is 1400. The minimum atomic E-state index is -7.01. The summed E-state index contributed by atoms with van der Waals surface area (Å²) in [7, 11) is 0. The zero-order chi connectivity index (χ0) is 35.5. The fraction of sp³-hybridized carbons (Fsp3) is 0.304. The van der Waals surface area contributed by atoms with Gasteiger partial charge in [-0.3, -0.25) is 38.4 Å². The van der Waals surface area contributed by atoms with Gasteiger partial charge in [0.15, 0.2) is 0 Å². The van der Waals surface area contributed by atoms with Gasteiger partial charge in [-0.1, -0.05) is 24.3 Å². The molecule has 0 aromatic heterocycles. The second-order valence-corrected chi connectivity index (χ2v) is 9.28. The Labute approximate surface area is 241 Å². The van der Waals surface area contributed by atoms with Crippen LogP contribution in [0.3, 0.4) is 0 Å². The first-order chi connectivity index (χ1) is 20.2. The van der Waals surface area contributed by atoms with Crippen LogP contribution >= 0.6 is 0 Å². The van der Waals surface area contributed by atoms with Gasteiger partial charge in [0.25, 0.3) is 0 Å². The van der Waals surface area contributed by atoms with Gasteiger partial charge in [-0.25, -0.2) is 0 Å². The monoisotopic (exact) mass is 660 g/mol. The van der Waals surface area contributed by atoms with Crippen LogP contribution in [0.5, 0.6) is 0 Å². The van der Waals surface area contributed by atoms with Crippen molar-refractivity contribution in [1.29, 1.82) is 0 Å². The van der Waals surface area contributed by atoms with Crippen LogP contribution in [0.2, 0.25) is 0 Å². The summed E-state index contributed by atoms with van der Waals surface area (Å²) in [6, 6.07) is 0. The molecule has 0 aromatic carbocycles. The van der Waals surface area contributed by atoms with E-state index in [0.29, 0.717) is 0 Å². The van der Waals surface area contributed by atoms with Gasteiger partial charge >= 0.3 is 60.1 Å². The second kappa shape index (κ2) is 10.2. The van der Waals surface area contributed by atoms with Gasteiger partial charge in [0, 0.05) is 0 Å². The Morgan fingerprint density at radius 2 is 0.622 bits per heavy atom. The molecular weight excluding hydrogens is 646 g/mol. The van der Waals surface area contributed by atoms with Crippen LogP contribution < -0.4 is 0 Å². The van der Waals surface area contributed by atoms with Crippen LogP contribution in [0.1, 0.15) is 0 Å². The van der Waals surface area contributed by atoms with E-state index in [2.05, 4.69) is 0 Å². The lowest BCUT2D eigenvalue weighted by Crippen LogP contribution is -2.63. The largest absolute Gasteiger partial charge is 0.480 e. The summed E-state index contributed by atoms with van der Waals surface area (Å²) in [4.78, 5) is 96.3. The molecule has 0 fully saturated rings. The Morgan fingerprint density at radius 1 is 0.422 bits per heavy atom. The summed E-state index contributed by atoms with van der Waals surface area (Å²) in [5.74, 6) is -24.3. The molecule has 0 saturated carbocycles. The normalized spacial score (nSPS) is 19.8. The number of carbonyl (C=O) groups is 8. The summed E-state index contributed by atoms with van der Waals surface area (Å²) in [6.45, 7) is 0. The number of halogens is 6. The molecule has 45 heavy (non-hydrogen) atoms. The third-order valence-corrected chi connectivity index (χ3v) is 7.43. The number of rotatable bonds is 10. The molecule has 8 N–H and O–H groups in total. The SMILES string of the molecule is O=C(O)C1(C(=O)O)C=CC(C(C2=CC(C(=O)O)(C(=O)O)C(C(=O)O)(C(=O)O)C=C2)(C(F)(F)F)C(F)(F)F)=CC1(C(=O)O)C(=O)O. The van der Waals surface area contributed by atoms with Gasteiger partial charge in [0.2, 0.25) is 27.1 Å². The number of carboxylic acid groups (broad SMARTS) is 8. The molecule has 0 saturated heterocycles. The maximum absolute atomic E-state index is 14.8. The van der Waals surface area contributed by atoms with Crippen LogP contribution in [-0.4, -0.2) is 101 Å². The number of carboxylic acids is 8. The number of hydrogen-bond donors (Lipinski definition) is 8. The Kier molecular flexibility index (Phi) is 8.04. The lowest BCUT2D eigenvalue weighted by atomic mass is 9.54.